The highest BCUT2D eigenvalue weighted by molar-refractivity contribution is 7.87. The predicted molar refractivity (Wildman–Crippen MR) is 472 cm³/mol. The van der Waals surface area contributed by atoms with Gasteiger partial charge in [-0.25, -0.2) is 19.2 Å². The molecule has 26 nitrogen and oxygen atoms in total. The molecule has 4 saturated carbocycles. The predicted octanol–water partition coefficient (Wildman–Crippen LogP) is 19.4. The van der Waals surface area contributed by atoms with Crippen LogP contribution in [-0.2, 0) is 125 Å². The molecule has 4 amide bonds. The van der Waals surface area contributed by atoms with Crippen molar-refractivity contribution in [3.05, 3.63) is 259 Å². The lowest BCUT2D eigenvalue weighted by Gasteiger charge is -2.37. The summed E-state index contributed by atoms with van der Waals surface area (Å²) in [5.41, 5.74) is 16.1. The number of ether oxygens (including phenoxy) is 4. The summed E-state index contributed by atoms with van der Waals surface area (Å²) in [6, 6.07) is 57.3. The van der Waals surface area contributed by atoms with E-state index in [1.165, 1.54) is 80.2 Å². The van der Waals surface area contributed by atoms with E-state index in [2.05, 4.69) is 113 Å². The minimum absolute atomic E-state index is 0.0518. The van der Waals surface area contributed by atoms with Crippen molar-refractivity contribution in [3.63, 3.8) is 0 Å². The van der Waals surface area contributed by atoms with Gasteiger partial charge in [0, 0.05) is 26.2 Å². The maximum absolute atomic E-state index is 15.1. The summed E-state index contributed by atoms with van der Waals surface area (Å²) in [4.78, 5) is 59.8. The van der Waals surface area contributed by atoms with Gasteiger partial charge in [-0.3, -0.25) is 0 Å². The molecule has 4 aliphatic heterocycles. The molecule has 24 rings (SSSR count). The summed E-state index contributed by atoms with van der Waals surface area (Å²) in [6.07, 6.45) is 18.8. The van der Waals surface area contributed by atoms with E-state index >= 15 is 8.42 Å². The van der Waals surface area contributed by atoms with Crippen molar-refractivity contribution >= 4 is 57.3 Å². The Kier molecular flexibility index (Phi) is 18.9. The molecule has 8 fully saturated rings. The van der Waals surface area contributed by atoms with E-state index in [1.807, 2.05) is 76.5 Å². The molecular weight excluding hydrogens is 1620 g/mol. The van der Waals surface area contributed by atoms with Gasteiger partial charge in [0.05, 0.1) is 86.4 Å². The maximum Gasteiger partial charge on any atom is 0.409 e. The Morgan fingerprint density at radius 1 is 0.299 bits per heavy atom. The van der Waals surface area contributed by atoms with Crippen LogP contribution in [0.5, 0.6) is 0 Å². The van der Waals surface area contributed by atoms with Crippen molar-refractivity contribution in [2.45, 2.75) is 223 Å². The standard InChI is InChI=1S/C50H54N8O6S.C50H52N8O4/c1-63-45(59)57-25-23-49(38-16-6-4-12-32(38)28-43(49)57)54-52-42-20-8-18-40-36(42)30-44-50(40,24-26-58(44)46(60)64-2)56-65(61,62)55-48-22-10-14-34(48)29-35-39(48)17-7-19-41(35)51-53-47-21-9-13-33(47)27-31-11-3-5-15-37(31)47;1-61-45(59)57-25-23-49(38-16-6-4-12-32(38)28-43(49)57)54-52-42-20-8-18-40-36(42)30-44-50(40,24-26-58(44)46(60)62-2)56-55-48-22-10-14-34(48)29-35-39(48)17-7-19-41(35)51-53-47-21-9-13-33(47)27-31-11-3-5-15-37(31)47/h3-8,11-12,15-20,33-34,43-44,55-56H,9-10,13-14,21-30H2,1-2H3;3-8,11-12,15-20,33-34,43-44H,9-10,13-14,21-30H2,1-2H3/t2*33-,34-,43-,44+,47+,48+,49-,50+/m00/s1. The third-order valence-electron chi connectivity index (χ3n) is 33.8. The van der Waals surface area contributed by atoms with Crippen molar-refractivity contribution < 1.29 is 46.5 Å². The van der Waals surface area contributed by atoms with Gasteiger partial charge in [0.2, 0.25) is 0 Å². The number of azo groups is 5. The van der Waals surface area contributed by atoms with Gasteiger partial charge < -0.3 is 38.5 Å². The molecule has 4 heterocycles. The number of hydrogen-bond donors (Lipinski definition) is 2. The highest BCUT2D eigenvalue weighted by atomic mass is 32.2. The summed E-state index contributed by atoms with van der Waals surface area (Å²) < 4.78 is 57.7. The van der Waals surface area contributed by atoms with E-state index in [1.54, 1.807) is 9.80 Å². The van der Waals surface area contributed by atoms with Crippen LogP contribution in [0.3, 0.4) is 0 Å². The minimum atomic E-state index is -4.24. The second-order valence-electron chi connectivity index (χ2n) is 38.7. The molecule has 0 radical (unpaired) electrons. The zero-order valence-corrected chi connectivity index (χ0v) is 73.2. The number of carbonyl (C=O) groups excluding carboxylic acids is 4. The normalized spacial score (nSPS) is 32.8. The Hall–Kier alpha value is -11.3. The van der Waals surface area contributed by atoms with E-state index in [-0.39, 0.29) is 53.4 Å². The minimum Gasteiger partial charge on any atom is -0.453 e. The number of methoxy groups -OCH3 is 4. The molecule has 0 spiro atoms. The van der Waals surface area contributed by atoms with Crippen LogP contribution >= 0.6 is 0 Å². The number of nitrogens with zero attached hydrogens (tertiary/aromatic N) is 14. The topological polar surface area (TPSA) is 300 Å². The average molecular weight is 1720 g/mol. The van der Waals surface area contributed by atoms with Gasteiger partial charge in [-0.1, -0.05) is 171 Å². The zero-order valence-electron chi connectivity index (χ0n) is 72.3. The lowest BCUT2D eigenvalue weighted by atomic mass is 9.86. The summed E-state index contributed by atoms with van der Waals surface area (Å²) in [6.45, 7) is 1.87. The molecule has 16 aliphatic rings. The van der Waals surface area contributed by atoms with Gasteiger partial charge in [0.1, 0.15) is 33.2 Å². The lowest BCUT2D eigenvalue weighted by molar-refractivity contribution is 0.111. The van der Waals surface area contributed by atoms with Crippen LogP contribution in [0.1, 0.15) is 192 Å². The number of nitrogens with one attached hydrogen (secondary N) is 2. The first kappa shape index (κ1) is 80.3. The molecule has 27 heteroatoms. The number of rotatable bonds is 14. The quantitative estimate of drug-likeness (QED) is 0.0766. The van der Waals surface area contributed by atoms with Crippen molar-refractivity contribution in [2.24, 2.45) is 74.8 Å². The maximum atomic E-state index is 15.1. The zero-order chi connectivity index (χ0) is 86.2. The molecule has 8 aromatic rings. The van der Waals surface area contributed by atoms with E-state index in [0.717, 1.165) is 144 Å². The van der Waals surface area contributed by atoms with E-state index in [0.29, 0.717) is 114 Å². The molecule has 0 bridgehead atoms. The highest BCUT2D eigenvalue weighted by Crippen LogP contribution is 2.64. The number of carbonyl (C=O) groups is 4. The number of amides is 4. The van der Waals surface area contributed by atoms with E-state index < -0.39 is 55.6 Å². The van der Waals surface area contributed by atoms with Crippen LogP contribution in [0.4, 0.5) is 41.9 Å². The average Bonchev–Trinajstić information content (AvgIpc) is 1.54. The first-order valence-electron chi connectivity index (χ1n) is 46.1. The van der Waals surface area contributed by atoms with Gasteiger partial charge >= 0.3 is 24.4 Å². The molecule has 4 saturated heterocycles. The summed E-state index contributed by atoms with van der Waals surface area (Å²) in [5.74, 6) is 1.32. The molecule has 0 unspecified atom stereocenters. The number of likely N-dealkylation sites (tertiary alicyclic amines) is 4. The second-order valence-corrected chi connectivity index (χ2v) is 40.2. The third kappa shape index (κ3) is 11.8. The number of benzene rings is 8. The molecule has 652 valence electrons. The third-order valence-corrected chi connectivity index (χ3v) is 35.0. The van der Waals surface area contributed by atoms with Crippen molar-refractivity contribution in [1.82, 2.24) is 29.0 Å². The monoisotopic (exact) mass is 1720 g/mol. The molecule has 16 atom stereocenters. The van der Waals surface area contributed by atoms with Crippen LogP contribution in [-0.4, -0.2) is 131 Å². The molecular formula is C100H106N16O10S. The van der Waals surface area contributed by atoms with Crippen LogP contribution in [0.15, 0.2) is 221 Å². The first-order chi connectivity index (χ1) is 61.9. The smallest absolute Gasteiger partial charge is 0.409 e. The van der Waals surface area contributed by atoms with Gasteiger partial charge in [-0.2, -0.15) is 69.0 Å². The number of hydrogen-bond acceptors (Lipinski definition) is 20. The van der Waals surface area contributed by atoms with Gasteiger partial charge in [0.25, 0.3) is 10.2 Å². The highest BCUT2D eigenvalue weighted by Gasteiger charge is 2.64. The van der Waals surface area contributed by atoms with Gasteiger partial charge in [0.15, 0.2) is 0 Å². The summed E-state index contributed by atoms with van der Waals surface area (Å²) in [7, 11) is 1.40. The number of fused-ring (bicyclic) bond motifs is 24. The van der Waals surface area contributed by atoms with Crippen molar-refractivity contribution in [1.29, 1.82) is 0 Å². The van der Waals surface area contributed by atoms with E-state index in [4.69, 9.17) is 70.1 Å². The fraction of sp³-hybridized carbons (Fsp3) is 0.480. The molecule has 12 aliphatic carbocycles. The van der Waals surface area contributed by atoms with Gasteiger partial charge in [-0.15, -0.1) is 0 Å². The summed E-state index contributed by atoms with van der Waals surface area (Å²) in [5, 5.41) is 52.3. The second kappa shape index (κ2) is 29.9. The van der Waals surface area contributed by atoms with Crippen molar-refractivity contribution in [2.75, 3.05) is 54.6 Å². The Bertz CT molecular complexity index is 6200. The molecule has 0 aromatic heterocycles. The lowest BCUT2D eigenvalue weighted by Crippen LogP contribution is -2.59. The Labute approximate surface area is 739 Å². The fourth-order valence-corrected chi connectivity index (χ4v) is 29.9. The van der Waals surface area contributed by atoms with Crippen LogP contribution in [0.2, 0.25) is 0 Å². The van der Waals surface area contributed by atoms with E-state index in [9.17, 15) is 19.2 Å². The molecule has 2 N–H and O–H groups in total. The first-order valence-corrected chi connectivity index (χ1v) is 47.6. The Morgan fingerprint density at radius 3 is 1.07 bits per heavy atom. The van der Waals surface area contributed by atoms with Crippen LogP contribution in [0, 0.1) is 23.7 Å². The van der Waals surface area contributed by atoms with Crippen LogP contribution in [0.25, 0.3) is 0 Å². The Morgan fingerprint density at radius 2 is 0.598 bits per heavy atom. The summed E-state index contributed by atoms with van der Waals surface area (Å²) >= 11 is 0. The molecule has 127 heavy (non-hydrogen) atoms. The Balaban J connectivity index is 0.000000146. The fourth-order valence-electron chi connectivity index (χ4n) is 28.2. The SMILES string of the molecule is COC(=O)N1CC[C@]2(N=Nc3cccc4c3C[C@H]3N(C(=O)OC)CC[C@@]43N=N[C@]34CCC[C@H]3Cc3c(N=N[C@]56CCC[C@H]5Cc5ccccc56)cccc34)c3ccccc3C[C@H]12.COC(=O)N1CC[C@]2(N=Nc3cccc4c3C[C@H]3N(C(=O)OC)CC[C@@]43NS(=O)(=O)N[C@]34CCC[C@H]3Cc3c(N=N[C@]56CCC[C@H]5Cc5ccccc56)cccc34)c3ccccc3C[C@H]12. The molecule has 8 aromatic carbocycles. The largest absolute Gasteiger partial charge is 0.453 e. The van der Waals surface area contributed by atoms with Gasteiger partial charge in [-0.05, 0) is 265 Å². The van der Waals surface area contributed by atoms with Crippen molar-refractivity contribution in [3.8, 4) is 0 Å². The van der Waals surface area contributed by atoms with Crippen LogP contribution < -0.4 is 9.44 Å².